The zero-order valence-corrected chi connectivity index (χ0v) is 9.07. The quantitative estimate of drug-likeness (QED) is 0.693. The van der Waals surface area contributed by atoms with E-state index in [2.05, 4.69) is 10.8 Å². The first kappa shape index (κ1) is 11.3. The van der Waals surface area contributed by atoms with Crippen LogP contribution >= 0.6 is 0 Å². The second-order valence-corrected chi connectivity index (χ2v) is 3.42. The summed E-state index contributed by atoms with van der Waals surface area (Å²) >= 11 is 0. The second kappa shape index (κ2) is 4.61. The Kier molecular flexibility index (Phi) is 3.46. The standard InChI is InChI=1S/C12H13NO2/c1-8-6-10(9(2)7-13)4-5-11(8)12(14)15-3/h4-6,9H,1-3H3. The van der Waals surface area contributed by atoms with Gasteiger partial charge in [-0.25, -0.2) is 4.79 Å². The lowest BCUT2D eigenvalue weighted by molar-refractivity contribution is 0.0600. The van der Waals surface area contributed by atoms with Gasteiger partial charge in [0.15, 0.2) is 0 Å². The van der Waals surface area contributed by atoms with Crippen molar-refractivity contribution in [1.82, 2.24) is 0 Å². The number of hydrogen-bond acceptors (Lipinski definition) is 3. The maximum atomic E-state index is 11.3. The van der Waals surface area contributed by atoms with Crippen LogP contribution in [0.4, 0.5) is 0 Å². The number of esters is 1. The third-order valence-corrected chi connectivity index (χ3v) is 2.35. The van der Waals surface area contributed by atoms with Gasteiger partial charge in [0.05, 0.1) is 24.7 Å². The van der Waals surface area contributed by atoms with Crippen LogP contribution in [0.3, 0.4) is 0 Å². The highest BCUT2D eigenvalue weighted by Crippen LogP contribution is 2.18. The number of carbonyl (C=O) groups excluding carboxylic acids is 1. The highest BCUT2D eigenvalue weighted by atomic mass is 16.5. The minimum Gasteiger partial charge on any atom is -0.465 e. The van der Waals surface area contributed by atoms with Gasteiger partial charge in [0.25, 0.3) is 0 Å². The van der Waals surface area contributed by atoms with Crippen LogP contribution in [0, 0.1) is 18.3 Å². The first-order valence-corrected chi connectivity index (χ1v) is 4.68. The third kappa shape index (κ3) is 2.35. The van der Waals surface area contributed by atoms with Crippen molar-refractivity contribution in [3.05, 3.63) is 34.9 Å². The molecular formula is C12H13NO2. The van der Waals surface area contributed by atoms with E-state index in [-0.39, 0.29) is 11.9 Å². The van der Waals surface area contributed by atoms with E-state index in [0.29, 0.717) is 5.56 Å². The lowest BCUT2D eigenvalue weighted by Gasteiger charge is -2.07. The zero-order valence-electron chi connectivity index (χ0n) is 9.07. The summed E-state index contributed by atoms with van der Waals surface area (Å²) in [4.78, 5) is 11.3. The van der Waals surface area contributed by atoms with Gasteiger partial charge in [0, 0.05) is 0 Å². The van der Waals surface area contributed by atoms with Crippen LogP contribution in [0.2, 0.25) is 0 Å². The Balaban J connectivity index is 3.10. The molecule has 1 aromatic rings. The van der Waals surface area contributed by atoms with Crippen LogP contribution in [0.15, 0.2) is 18.2 Å². The Labute approximate surface area is 89.3 Å². The molecule has 1 unspecified atom stereocenters. The molecule has 0 heterocycles. The molecule has 1 rings (SSSR count). The van der Waals surface area contributed by atoms with Gasteiger partial charge in [-0.1, -0.05) is 12.1 Å². The smallest absolute Gasteiger partial charge is 0.338 e. The molecule has 0 aliphatic rings. The van der Waals surface area contributed by atoms with Gasteiger partial charge < -0.3 is 4.74 Å². The first-order valence-electron chi connectivity index (χ1n) is 4.68. The summed E-state index contributed by atoms with van der Waals surface area (Å²) < 4.78 is 4.64. The van der Waals surface area contributed by atoms with E-state index >= 15 is 0 Å². The Morgan fingerprint density at radius 2 is 2.20 bits per heavy atom. The summed E-state index contributed by atoms with van der Waals surface area (Å²) in [5.74, 6) is -0.501. The molecule has 0 bridgehead atoms. The maximum absolute atomic E-state index is 11.3. The number of aryl methyl sites for hydroxylation is 1. The van der Waals surface area contributed by atoms with Crippen LogP contribution in [-0.2, 0) is 4.74 Å². The van der Waals surface area contributed by atoms with Crippen molar-refractivity contribution in [3.8, 4) is 6.07 Å². The number of hydrogen-bond donors (Lipinski definition) is 0. The highest BCUT2D eigenvalue weighted by Gasteiger charge is 2.11. The average Bonchev–Trinajstić information content (AvgIpc) is 2.26. The van der Waals surface area contributed by atoms with E-state index in [1.54, 1.807) is 12.1 Å². The molecule has 0 radical (unpaired) electrons. The Hall–Kier alpha value is -1.82. The Morgan fingerprint density at radius 3 is 2.67 bits per heavy atom. The van der Waals surface area contributed by atoms with Crippen LogP contribution in [-0.4, -0.2) is 13.1 Å². The molecule has 0 N–H and O–H groups in total. The van der Waals surface area contributed by atoms with Crippen molar-refractivity contribution in [2.75, 3.05) is 7.11 Å². The van der Waals surface area contributed by atoms with Crippen molar-refractivity contribution >= 4 is 5.97 Å². The van der Waals surface area contributed by atoms with Gasteiger partial charge in [-0.3, -0.25) is 0 Å². The van der Waals surface area contributed by atoms with E-state index in [4.69, 9.17) is 5.26 Å². The number of carbonyl (C=O) groups is 1. The Morgan fingerprint density at radius 1 is 1.53 bits per heavy atom. The van der Waals surface area contributed by atoms with E-state index in [0.717, 1.165) is 11.1 Å². The molecule has 0 aliphatic carbocycles. The average molecular weight is 203 g/mol. The van der Waals surface area contributed by atoms with Gasteiger partial charge >= 0.3 is 5.97 Å². The van der Waals surface area contributed by atoms with Crippen molar-refractivity contribution < 1.29 is 9.53 Å². The van der Waals surface area contributed by atoms with E-state index < -0.39 is 0 Å². The minimum atomic E-state index is -0.344. The fraction of sp³-hybridized carbons (Fsp3) is 0.333. The summed E-state index contributed by atoms with van der Waals surface area (Å²) in [6.45, 7) is 3.66. The number of ether oxygens (including phenoxy) is 1. The van der Waals surface area contributed by atoms with Gasteiger partial charge in [0.2, 0.25) is 0 Å². The van der Waals surface area contributed by atoms with Gasteiger partial charge in [-0.05, 0) is 31.0 Å². The van der Waals surface area contributed by atoms with Crippen LogP contribution in [0.1, 0.15) is 34.3 Å². The molecule has 15 heavy (non-hydrogen) atoms. The molecule has 0 spiro atoms. The van der Waals surface area contributed by atoms with E-state index in [1.807, 2.05) is 19.9 Å². The van der Waals surface area contributed by atoms with E-state index in [1.165, 1.54) is 7.11 Å². The molecule has 0 saturated heterocycles. The molecule has 0 aliphatic heterocycles. The highest BCUT2D eigenvalue weighted by molar-refractivity contribution is 5.91. The SMILES string of the molecule is COC(=O)c1ccc(C(C)C#N)cc1C. The summed E-state index contributed by atoms with van der Waals surface area (Å²) in [5.41, 5.74) is 2.30. The summed E-state index contributed by atoms with van der Waals surface area (Å²) in [7, 11) is 1.35. The molecular weight excluding hydrogens is 190 g/mol. The van der Waals surface area contributed by atoms with Gasteiger partial charge in [0.1, 0.15) is 0 Å². The van der Waals surface area contributed by atoms with Gasteiger partial charge in [-0.15, -0.1) is 0 Å². The largest absolute Gasteiger partial charge is 0.465 e. The molecule has 0 aromatic heterocycles. The summed E-state index contributed by atoms with van der Waals surface area (Å²) in [6, 6.07) is 7.49. The number of rotatable bonds is 2. The summed E-state index contributed by atoms with van der Waals surface area (Å²) in [6.07, 6.45) is 0. The molecule has 1 atom stereocenters. The normalized spacial score (nSPS) is 11.6. The van der Waals surface area contributed by atoms with Crippen molar-refractivity contribution in [3.63, 3.8) is 0 Å². The lowest BCUT2D eigenvalue weighted by Crippen LogP contribution is -2.04. The molecule has 3 heteroatoms. The molecule has 3 nitrogen and oxygen atoms in total. The second-order valence-electron chi connectivity index (χ2n) is 3.42. The van der Waals surface area contributed by atoms with Crippen molar-refractivity contribution in [2.45, 2.75) is 19.8 Å². The predicted molar refractivity (Wildman–Crippen MR) is 56.5 cm³/mol. The van der Waals surface area contributed by atoms with E-state index in [9.17, 15) is 4.79 Å². The number of benzene rings is 1. The topological polar surface area (TPSA) is 50.1 Å². The number of nitrogens with zero attached hydrogens (tertiary/aromatic N) is 1. The maximum Gasteiger partial charge on any atom is 0.338 e. The van der Waals surface area contributed by atoms with Crippen LogP contribution in [0.25, 0.3) is 0 Å². The number of methoxy groups -OCH3 is 1. The third-order valence-electron chi connectivity index (χ3n) is 2.35. The van der Waals surface area contributed by atoms with Crippen LogP contribution < -0.4 is 0 Å². The van der Waals surface area contributed by atoms with Gasteiger partial charge in [-0.2, -0.15) is 5.26 Å². The monoisotopic (exact) mass is 203 g/mol. The van der Waals surface area contributed by atoms with Crippen LogP contribution in [0.5, 0.6) is 0 Å². The molecule has 1 aromatic carbocycles. The molecule has 0 amide bonds. The molecule has 0 saturated carbocycles. The van der Waals surface area contributed by atoms with Crippen molar-refractivity contribution in [1.29, 1.82) is 5.26 Å². The predicted octanol–water partition coefficient (Wildman–Crippen LogP) is 2.41. The zero-order chi connectivity index (χ0) is 11.4. The Bertz CT molecular complexity index is 418. The number of nitriles is 1. The lowest BCUT2D eigenvalue weighted by atomic mass is 9.98. The fourth-order valence-corrected chi connectivity index (χ4v) is 1.37. The van der Waals surface area contributed by atoms with Crippen molar-refractivity contribution in [2.24, 2.45) is 0 Å². The molecule has 0 fully saturated rings. The minimum absolute atomic E-state index is 0.157. The molecule has 78 valence electrons. The fourth-order valence-electron chi connectivity index (χ4n) is 1.37. The first-order chi connectivity index (χ1) is 7.10. The summed E-state index contributed by atoms with van der Waals surface area (Å²) in [5, 5.41) is 8.76.